The molecule has 0 aromatic carbocycles. The lowest BCUT2D eigenvalue weighted by atomic mass is 10.3. The second kappa shape index (κ2) is 5.34. The summed E-state index contributed by atoms with van der Waals surface area (Å²) in [6, 6.07) is 0.505. The number of nitrogens with zero attached hydrogens (tertiary/aromatic N) is 3. The molecule has 1 amide bonds. The third kappa shape index (κ3) is 2.87. The summed E-state index contributed by atoms with van der Waals surface area (Å²) >= 11 is 0. The van der Waals surface area contributed by atoms with E-state index in [0.29, 0.717) is 12.6 Å². The minimum absolute atomic E-state index is 0.227. The van der Waals surface area contributed by atoms with Crippen LogP contribution in [0.2, 0.25) is 0 Å². The normalized spacial score (nSPS) is 14.9. The summed E-state index contributed by atoms with van der Waals surface area (Å²) in [4.78, 5) is 18.4. The van der Waals surface area contributed by atoms with Gasteiger partial charge in [-0.2, -0.15) is 0 Å². The van der Waals surface area contributed by atoms with Gasteiger partial charge in [0.15, 0.2) is 0 Å². The van der Waals surface area contributed by atoms with Crippen LogP contribution in [0, 0.1) is 0 Å². The molecule has 1 aliphatic rings. The fourth-order valence-corrected chi connectivity index (χ4v) is 2.20. The molecule has 1 aromatic heterocycles. The van der Waals surface area contributed by atoms with Gasteiger partial charge in [-0.3, -0.25) is 4.79 Å². The van der Waals surface area contributed by atoms with Crippen LogP contribution in [-0.4, -0.2) is 32.9 Å². The summed E-state index contributed by atoms with van der Waals surface area (Å²) in [7, 11) is 0. The molecule has 0 N–H and O–H groups in total. The summed E-state index contributed by atoms with van der Waals surface area (Å²) in [6.45, 7) is 5.45. The fraction of sp³-hybridized carbons (Fsp3) is 0.692. The molecule has 0 aliphatic heterocycles. The number of imidazole rings is 1. The van der Waals surface area contributed by atoms with Crippen LogP contribution in [0.25, 0.3) is 0 Å². The van der Waals surface area contributed by atoms with Gasteiger partial charge >= 0.3 is 0 Å². The Morgan fingerprint density at radius 3 is 2.88 bits per heavy atom. The molecular weight excluding hydrogens is 214 g/mol. The number of carbonyl (C=O) groups is 1. The maximum atomic E-state index is 12.2. The predicted octanol–water partition coefficient (Wildman–Crippen LogP) is 1.85. The van der Waals surface area contributed by atoms with Gasteiger partial charge in [0.25, 0.3) is 0 Å². The molecule has 0 spiro atoms. The highest BCUT2D eigenvalue weighted by Crippen LogP contribution is 2.26. The Morgan fingerprint density at radius 1 is 1.53 bits per heavy atom. The van der Waals surface area contributed by atoms with Crippen LogP contribution in [0.1, 0.15) is 38.9 Å². The molecule has 2 rings (SSSR count). The molecule has 0 unspecified atom stereocenters. The van der Waals surface area contributed by atoms with Crippen molar-refractivity contribution in [3.05, 3.63) is 18.2 Å². The number of likely N-dealkylation sites (N-methyl/N-ethyl adjacent to an activating group) is 1. The Hall–Kier alpha value is -1.32. The second-order valence-corrected chi connectivity index (χ2v) is 4.63. The van der Waals surface area contributed by atoms with Gasteiger partial charge < -0.3 is 9.47 Å². The van der Waals surface area contributed by atoms with E-state index in [2.05, 4.69) is 18.8 Å². The summed E-state index contributed by atoms with van der Waals surface area (Å²) in [5, 5.41) is 0. The van der Waals surface area contributed by atoms with Crippen molar-refractivity contribution in [3.63, 3.8) is 0 Å². The average molecular weight is 235 g/mol. The SMILES string of the molecule is CCCc1nccn1CC(=O)N(CC)C1CC1. The van der Waals surface area contributed by atoms with Gasteiger partial charge in [-0.1, -0.05) is 6.92 Å². The molecule has 4 heteroatoms. The highest BCUT2D eigenvalue weighted by molar-refractivity contribution is 5.76. The van der Waals surface area contributed by atoms with Crippen LogP contribution in [-0.2, 0) is 17.8 Å². The van der Waals surface area contributed by atoms with Crippen LogP contribution >= 0.6 is 0 Å². The topological polar surface area (TPSA) is 38.1 Å². The Morgan fingerprint density at radius 2 is 2.29 bits per heavy atom. The van der Waals surface area contributed by atoms with Crippen LogP contribution in [0.4, 0.5) is 0 Å². The van der Waals surface area contributed by atoms with E-state index in [0.717, 1.165) is 25.2 Å². The van der Waals surface area contributed by atoms with Gasteiger partial charge in [-0.15, -0.1) is 0 Å². The lowest BCUT2D eigenvalue weighted by Crippen LogP contribution is -2.35. The first kappa shape index (κ1) is 12.1. The quantitative estimate of drug-likeness (QED) is 0.754. The summed E-state index contributed by atoms with van der Waals surface area (Å²) in [5.74, 6) is 1.25. The Labute approximate surface area is 103 Å². The maximum Gasteiger partial charge on any atom is 0.242 e. The van der Waals surface area contributed by atoms with E-state index in [1.165, 1.54) is 12.8 Å². The average Bonchev–Trinajstić information content (AvgIpc) is 3.04. The lowest BCUT2D eigenvalue weighted by Gasteiger charge is -2.21. The zero-order chi connectivity index (χ0) is 12.3. The van der Waals surface area contributed by atoms with Gasteiger partial charge in [0.1, 0.15) is 12.4 Å². The van der Waals surface area contributed by atoms with E-state index in [-0.39, 0.29) is 5.91 Å². The standard InChI is InChI=1S/C13H21N3O/c1-3-5-12-14-8-9-15(12)10-13(17)16(4-2)11-6-7-11/h8-9,11H,3-7,10H2,1-2H3. The number of aryl methyl sites for hydroxylation is 1. The number of rotatable bonds is 6. The number of carbonyl (C=O) groups excluding carboxylic acids is 1. The highest BCUT2D eigenvalue weighted by Gasteiger charge is 2.31. The van der Waals surface area contributed by atoms with Crippen molar-refractivity contribution in [2.45, 2.75) is 52.1 Å². The molecule has 0 atom stereocenters. The summed E-state index contributed by atoms with van der Waals surface area (Å²) < 4.78 is 1.98. The molecule has 1 aliphatic carbocycles. The number of amides is 1. The van der Waals surface area contributed by atoms with Crippen molar-refractivity contribution < 1.29 is 4.79 Å². The van der Waals surface area contributed by atoms with Gasteiger partial charge in [0.05, 0.1) is 0 Å². The van der Waals surface area contributed by atoms with Crippen molar-refractivity contribution in [2.75, 3.05) is 6.54 Å². The van der Waals surface area contributed by atoms with E-state index < -0.39 is 0 Å². The molecule has 1 fully saturated rings. The third-order valence-electron chi connectivity index (χ3n) is 3.23. The third-order valence-corrected chi connectivity index (χ3v) is 3.23. The number of aromatic nitrogens is 2. The molecule has 17 heavy (non-hydrogen) atoms. The van der Waals surface area contributed by atoms with E-state index in [4.69, 9.17) is 0 Å². The van der Waals surface area contributed by atoms with Crippen LogP contribution in [0.3, 0.4) is 0 Å². The van der Waals surface area contributed by atoms with Crippen molar-refractivity contribution >= 4 is 5.91 Å². The Kier molecular flexibility index (Phi) is 3.82. The zero-order valence-corrected chi connectivity index (χ0v) is 10.7. The summed E-state index contributed by atoms with van der Waals surface area (Å²) in [6.07, 6.45) is 8.03. The molecule has 1 saturated carbocycles. The van der Waals surface area contributed by atoms with Crippen molar-refractivity contribution in [2.24, 2.45) is 0 Å². The fourth-order valence-electron chi connectivity index (χ4n) is 2.20. The summed E-state index contributed by atoms with van der Waals surface area (Å²) in [5.41, 5.74) is 0. The van der Waals surface area contributed by atoms with Crippen LogP contribution < -0.4 is 0 Å². The maximum absolute atomic E-state index is 12.2. The van der Waals surface area contributed by atoms with E-state index in [9.17, 15) is 4.79 Å². The number of hydrogen-bond donors (Lipinski definition) is 0. The molecule has 1 aromatic rings. The smallest absolute Gasteiger partial charge is 0.242 e. The van der Waals surface area contributed by atoms with Gasteiger partial charge in [0.2, 0.25) is 5.91 Å². The first-order chi connectivity index (χ1) is 8.26. The van der Waals surface area contributed by atoms with Crippen molar-refractivity contribution in [1.82, 2.24) is 14.5 Å². The van der Waals surface area contributed by atoms with Gasteiger partial charge in [0, 0.05) is 31.4 Å². The minimum Gasteiger partial charge on any atom is -0.338 e. The molecule has 0 saturated heterocycles. The van der Waals surface area contributed by atoms with Gasteiger partial charge in [-0.05, 0) is 26.2 Å². The monoisotopic (exact) mass is 235 g/mol. The van der Waals surface area contributed by atoms with Crippen LogP contribution in [0.15, 0.2) is 12.4 Å². The molecular formula is C13H21N3O. The van der Waals surface area contributed by atoms with Crippen LogP contribution in [0.5, 0.6) is 0 Å². The second-order valence-electron chi connectivity index (χ2n) is 4.63. The molecule has 4 nitrogen and oxygen atoms in total. The van der Waals surface area contributed by atoms with Gasteiger partial charge in [-0.25, -0.2) is 4.98 Å². The Balaban J connectivity index is 1.98. The zero-order valence-electron chi connectivity index (χ0n) is 10.7. The first-order valence-corrected chi connectivity index (χ1v) is 6.55. The van der Waals surface area contributed by atoms with E-state index >= 15 is 0 Å². The molecule has 0 radical (unpaired) electrons. The number of hydrogen-bond acceptors (Lipinski definition) is 2. The first-order valence-electron chi connectivity index (χ1n) is 6.55. The highest BCUT2D eigenvalue weighted by atomic mass is 16.2. The molecule has 0 bridgehead atoms. The lowest BCUT2D eigenvalue weighted by molar-refractivity contribution is -0.132. The van der Waals surface area contributed by atoms with E-state index in [1.54, 1.807) is 6.20 Å². The van der Waals surface area contributed by atoms with E-state index in [1.807, 2.05) is 15.7 Å². The predicted molar refractivity (Wildman–Crippen MR) is 66.6 cm³/mol. The van der Waals surface area contributed by atoms with Crippen molar-refractivity contribution in [1.29, 1.82) is 0 Å². The minimum atomic E-state index is 0.227. The molecule has 1 heterocycles. The van der Waals surface area contributed by atoms with Crippen molar-refractivity contribution in [3.8, 4) is 0 Å². The Bertz CT molecular complexity index is 382. The largest absolute Gasteiger partial charge is 0.338 e. The molecule has 94 valence electrons.